The van der Waals surface area contributed by atoms with Gasteiger partial charge < -0.3 is 0 Å². The second kappa shape index (κ2) is 5.73. The summed E-state index contributed by atoms with van der Waals surface area (Å²) in [4.78, 5) is 9.89. The Morgan fingerprint density at radius 2 is 1.71 bits per heavy atom. The standard InChI is InChI=1S/C14H10N2O4S/c15-9-11-5-7-12(8-6-11)10-21(19,20)14-4-2-1-3-13(14)16(17)18/h1-8H,10H2. The third-order valence-corrected chi connectivity index (χ3v) is 4.57. The number of hydrogen-bond acceptors (Lipinski definition) is 5. The van der Waals surface area contributed by atoms with Crippen LogP contribution >= 0.6 is 0 Å². The van der Waals surface area contributed by atoms with Crippen molar-refractivity contribution in [3.05, 3.63) is 69.8 Å². The van der Waals surface area contributed by atoms with E-state index >= 15 is 0 Å². The third-order valence-electron chi connectivity index (χ3n) is 2.84. The molecule has 0 fully saturated rings. The van der Waals surface area contributed by atoms with E-state index in [2.05, 4.69) is 0 Å². The fourth-order valence-corrected chi connectivity index (χ4v) is 3.38. The molecule has 6 nitrogen and oxygen atoms in total. The van der Waals surface area contributed by atoms with Gasteiger partial charge in [0.25, 0.3) is 5.69 Å². The fourth-order valence-electron chi connectivity index (χ4n) is 1.84. The van der Waals surface area contributed by atoms with Gasteiger partial charge in [-0.25, -0.2) is 8.42 Å². The van der Waals surface area contributed by atoms with Crippen LogP contribution in [0.1, 0.15) is 11.1 Å². The first-order chi connectivity index (χ1) is 9.94. The summed E-state index contributed by atoms with van der Waals surface area (Å²) in [6.45, 7) is 0. The van der Waals surface area contributed by atoms with Gasteiger partial charge >= 0.3 is 0 Å². The van der Waals surface area contributed by atoms with Crippen molar-refractivity contribution in [2.75, 3.05) is 0 Å². The summed E-state index contributed by atoms with van der Waals surface area (Å²) in [5, 5.41) is 19.6. The summed E-state index contributed by atoms with van der Waals surface area (Å²) < 4.78 is 24.6. The van der Waals surface area contributed by atoms with Gasteiger partial charge in [-0.2, -0.15) is 5.26 Å². The van der Waals surface area contributed by atoms with Crippen LogP contribution < -0.4 is 0 Å². The Kier molecular flexibility index (Phi) is 4.00. The molecule has 106 valence electrons. The molecular weight excluding hydrogens is 292 g/mol. The monoisotopic (exact) mass is 302 g/mol. The lowest BCUT2D eigenvalue weighted by atomic mass is 10.2. The van der Waals surface area contributed by atoms with Crippen molar-refractivity contribution in [1.82, 2.24) is 0 Å². The first-order valence-electron chi connectivity index (χ1n) is 5.89. The number of sulfone groups is 1. The summed E-state index contributed by atoms with van der Waals surface area (Å²) >= 11 is 0. The molecule has 0 atom stereocenters. The van der Waals surface area contributed by atoms with Crippen molar-refractivity contribution < 1.29 is 13.3 Å². The van der Waals surface area contributed by atoms with Gasteiger partial charge in [-0.15, -0.1) is 0 Å². The second-order valence-electron chi connectivity index (χ2n) is 4.29. The van der Waals surface area contributed by atoms with Crippen molar-refractivity contribution in [3.63, 3.8) is 0 Å². The van der Waals surface area contributed by atoms with Crippen LogP contribution in [0, 0.1) is 21.4 Å². The molecule has 0 aliphatic rings. The maximum Gasteiger partial charge on any atom is 0.287 e. The Hall–Kier alpha value is -2.72. The molecule has 0 aliphatic carbocycles. The topological polar surface area (TPSA) is 101 Å². The van der Waals surface area contributed by atoms with Crippen LogP contribution in [-0.2, 0) is 15.6 Å². The van der Waals surface area contributed by atoms with E-state index in [0.717, 1.165) is 6.07 Å². The predicted molar refractivity (Wildman–Crippen MR) is 75.1 cm³/mol. The molecule has 0 spiro atoms. The van der Waals surface area contributed by atoms with Gasteiger partial charge in [0.1, 0.15) is 4.90 Å². The van der Waals surface area contributed by atoms with E-state index < -0.39 is 20.4 Å². The lowest BCUT2D eigenvalue weighted by Gasteiger charge is -2.05. The zero-order chi connectivity index (χ0) is 15.5. The number of nitro benzene ring substituents is 1. The highest BCUT2D eigenvalue weighted by atomic mass is 32.2. The molecule has 0 saturated heterocycles. The molecule has 0 heterocycles. The molecule has 0 aromatic heterocycles. The molecule has 2 rings (SSSR count). The normalized spacial score (nSPS) is 10.8. The molecule has 2 aromatic carbocycles. The van der Waals surface area contributed by atoms with E-state index in [1.807, 2.05) is 6.07 Å². The van der Waals surface area contributed by atoms with E-state index in [-0.39, 0.29) is 10.6 Å². The van der Waals surface area contributed by atoms with Crippen LogP contribution in [0.4, 0.5) is 5.69 Å². The van der Waals surface area contributed by atoms with Crippen LogP contribution in [0.25, 0.3) is 0 Å². The highest BCUT2D eigenvalue weighted by molar-refractivity contribution is 7.90. The van der Waals surface area contributed by atoms with E-state index in [0.29, 0.717) is 11.1 Å². The zero-order valence-corrected chi connectivity index (χ0v) is 11.6. The van der Waals surface area contributed by atoms with Crippen LogP contribution in [0.3, 0.4) is 0 Å². The lowest BCUT2D eigenvalue weighted by molar-refractivity contribution is -0.387. The first kappa shape index (κ1) is 14.7. The summed E-state index contributed by atoms with van der Waals surface area (Å²) in [5.41, 5.74) is 0.445. The Bertz CT molecular complexity index is 821. The fraction of sp³-hybridized carbons (Fsp3) is 0.0714. The minimum absolute atomic E-state index is 0.306. The molecule has 0 bridgehead atoms. The second-order valence-corrected chi connectivity index (χ2v) is 6.25. The molecule has 0 radical (unpaired) electrons. The Morgan fingerprint density at radius 1 is 1.10 bits per heavy atom. The van der Waals surface area contributed by atoms with E-state index in [1.165, 1.54) is 42.5 Å². The van der Waals surface area contributed by atoms with E-state index in [4.69, 9.17) is 5.26 Å². The smallest absolute Gasteiger partial charge is 0.258 e. The maximum absolute atomic E-state index is 12.3. The van der Waals surface area contributed by atoms with Crippen molar-refractivity contribution >= 4 is 15.5 Å². The van der Waals surface area contributed by atoms with Crippen LogP contribution in [-0.4, -0.2) is 13.3 Å². The van der Waals surface area contributed by atoms with Gasteiger partial charge in [0, 0.05) is 6.07 Å². The van der Waals surface area contributed by atoms with Gasteiger partial charge in [0.15, 0.2) is 9.84 Å². The predicted octanol–water partition coefficient (Wildman–Crippen LogP) is 2.44. The number of nitriles is 1. The quantitative estimate of drug-likeness (QED) is 0.637. The molecule has 21 heavy (non-hydrogen) atoms. The maximum atomic E-state index is 12.3. The Balaban J connectivity index is 2.39. The molecule has 7 heteroatoms. The average Bonchev–Trinajstić information content (AvgIpc) is 2.47. The van der Waals surface area contributed by atoms with Crippen molar-refractivity contribution in [1.29, 1.82) is 5.26 Å². The van der Waals surface area contributed by atoms with Gasteiger partial charge in [-0.1, -0.05) is 24.3 Å². The number of rotatable bonds is 4. The number of hydrogen-bond donors (Lipinski definition) is 0. The highest BCUT2D eigenvalue weighted by Crippen LogP contribution is 2.26. The van der Waals surface area contributed by atoms with Crippen LogP contribution in [0.5, 0.6) is 0 Å². The number of nitrogens with zero attached hydrogens (tertiary/aromatic N) is 2. The highest BCUT2D eigenvalue weighted by Gasteiger charge is 2.25. The molecule has 0 aliphatic heterocycles. The van der Waals surface area contributed by atoms with Crippen molar-refractivity contribution in [3.8, 4) is 6.07 Å². The average molecular weight is 302 g/mol. The molecule has 0 N–H and O–H groups in total. The summed E-state index contributed by atoms with van der Waals surface area (Å²) in [6, 6.07) is 13.2. The van der Waals surface area contributed by atoms with E-state index in [1.54, 1.807) is 0 Å². The minimum atomic E-state index is -3.83. The Morgan fingerprint density at radius 3 is 2.29 bits per heavy atom. The number of nitro groups is 1. The van der Waals surface area contributed by atoms with Crippen LogP contribution in [0.2, 0.25) is 0 Å². The largest absolute Gasteiger partial charge is 0.287 e. The minimum Gasteiger partial charge on any atom is -0.258 e. The Labute approximate surface area is 121 Å². The molecule has 0 amide bonds. The summed E-state index contributed by atoms with van der Waals surface area (Å²) in [7, 11) is -3.83. The molecule has 0 unspecified atom stereocenters. The van der Waals surface area contributed by atoms with Gasteiger partial charge in [0.05, 0.1) is 22.3 Å². The molecule has 2 aromatic rings. The van der Waals surface area contributed by atoms with Gasteiger partial charge in [-0.05, 0) is 23.8 Å². The molecule has 0 saturated carbocycles. The summed E-state index contributed by atoms with van der Waals surface area (Å²) in [6.07, 6.45) is 0. The van der Waals surface area contributed by atoms with Crippen molar-refractivity contribution in [2.45, 2.75) is 10.6 Å². The lowest BCUT2D eigenvalue weighted by Crippen LogP contribution is -2.07. The first-order valence-corrected chi connectivity index (χ1v) is 7.54. The number of benzene rings is 2. The van der Waals surface area contributed by atoms with Crippen molar-refractivity contribution in [2.24, 2.45) is 0 Å². The van der Waals surface area contributed by atoms with Crippen LogP contribution in [0.15, 0.2) is 53.4 Å². The van der Waals surface area contributed by atoms with Gasteiger partial charge in [-0.3, -0.25) is 10.1 Å². The third kappa shape index (κ3) is 3.24. The zero-order valence-electron chi connectivity index (χ0n) is 10.8. The van der Waals surface area contributed by atoms with Gasteiger partial charge in [0.2, 0.25) is 0 Å². The summed E-state index contributed by atoms with van der Waals surface area (Å²) in [5.74, 6) is -0.358. The SMILES string of the molecule is N#Cc1ccc(CS(=O)(=O)c2ccccc2[N+](=O)[O-])cc1. The molecular formula is C14H10N2O4S. The number of para-hydroxylation sites is 1. The van der Waals surface area contributed by atoms with E-state index in [9.17, 15) is 18.5 Å².